The van der Waals surface area contributed by atoms with E-state index in [1.165, 1.54) is 11.0 Å². The standard InChI is InChI=1S/C25H25N3O3S/c1-15-27-21(14-32-15)17-7-5-16(6-8-17)11-12-26-22(29)18-9-10-19-20(13-18)24(31)28(23(19)30)25(2,3)4/h5-10,13-14H,11-12H2,1-4H3,(H,26,29). The van der Waals surface area contributed by atoms with Gasteiger partial charge in [-0.2, -0.15) is 0 Å². The Kier molecular flexibility index (Phi) is 5.69. The number of aryl methyl sites for hydroxylation is 1. The Morgan fingerprint density at radius 3 is 2.34 bits per heavy atom. The Bertz CT molecular complexity index is 1210. The minimum absolute atomic E-state index is 0.267. The highest BCUT2D eigenvalue weighted by molar-refractivity contribution is 7.09. The first-order valence-electron chi connectivity index (χ1n) is 10.5. The number of thiazole rings is 1. The zero-order valence-electron chi connectivity index (χ0n) is 18.6. The van der Waals surface area contributed by atoms with Crippen LogP contribution in [0.3, 0.4) is 0 Å². The number of carbonyl (C=O) groups excluding carboxylic acids is 3. The van der Waals surface area contributed by atoms with Crippen LogP contribution in [0.1, 0.15) is 62.4 Å². The first-order valence-corrected chi connectivity index (χ1v) is 11.4. The summed E-state index contributed by atoms with van der Waals surface area (Å²) in [6.45, 7) is 7.89. The van der Waals surface area contributed by atoms with Crippen molar-refractivity contribution in [2.75, 3.05) is 6.54 Å². The van der Waals surface area contributed by atoms with E-state index in [9.17, 15) is 14.4 Å². The van der Waals surface area contributed by atoms with Crippen molar-refractivity contribution in [2.45, 2.75) is 39.7 Å². The zero-order chi connectivity index (χ0) is 23.0. The summed E-state index contributed by atoms with van der Waals surface area (Å²) in [6, 6.07) is 12.8. The van der Waals surface area contributed by atoms with Gasteiger partial charge in [-0.05, 0) is 57.9 Å². The zero-order valence-corrected chi connectivity index (χ0v) is 19.4. The number of nitrogens with zero attached hydrogens (tertiary/aromatic N) is 2. The molecule has 1 aliphatic rings. The van der Waals surface area contributed by atoms with Crippen LogP contribution < -0.4 is 5.32 Å². The number of rotatable bonds is 5. The Morgan fingerprint density at radius 1 is 1.03 bits per heavy atom. The molecule has 2 aromatic carbocycles. The van der Waals surface area contributed by atoms with E-state index in [1.54, 1.807) is 23.5 Å². The monoisotopic (exact) mass is 447 g/mol. The van der Waals surface area contributed by atoms with Crippen LogP contribution in [-0.4, -0.2) is 39.7 Å². The predicted octanol–water partition coefficient (Wildman–Crippen LogP) is 4.49. The van der Waals surface area contributed by atoms with Crippen LogP contribution in [0, 0.1) is 6.92 Å². The summed E-state index contributed by atoms with van der Waals surface area (Å²) in [6.07, 6.45) is 0.683. The molecule has 7 heteroatoms. The molecule has 0 spiro atoms. The predicted molar refractivity (Wildman–Crippen MR) is 125 cm³/mol. The van der Waals surface area contributed by atoms with E-state index in [1.807, 2.05) is 57.3 Å². The molecule has 1 aromatic heterocycles. The van der Waals surface area contributed by atoms with E-state index in [0.717, 1.165) is 21.8 Å². The van der Waals surface area contributed by atoms with Gasteiger partial charge in [-0.15, -0.1) is 11.3 Å². The first kappa shape index (κ1) is 21.9. The molecular formula is C25H25N3O3S. The molecule has 0 atom stereocenters. The number of imide groups is 1. The number of nitrogens with one attached hydrogen (secondary N) is 1. The molecule has 0 saturated carbocycles. The summed E-state index contributed by atoms with van der Waals surface area (Å²) in [5.41, 5.74) is 3.53. The second-order valence-electron chi connectivity index (χ2n) is 8.83. The maximum atomic E-state index is 12.7. The van der Waals surface area contributed by atoms with E-state index >= 15 is 0 Å². The average Bonchev–Trinajstić information content (AvgIpc) is 3.29. The number of hydrogen-bond acceptors (Lipinski definition) is 5. The molecule has 0 fully saturated rings. The molecule has 1 aliphatic heterocycles. The molecule has 0 saturated heterocycles. The molecule has 2 heterocycles. The summed E-state index contributed by atoms with van der Waals surface area (Å²) in [5, 5.41) is 5.98. The van der Waals surface area contributed by atoms with Gasteiger partial charge in [0.2, 0.25) is 0 Å². The highest BCUT2D eigenvalue weighted by atomic mass is 32.1. The fourth-order valence-corrected chi connectivity index (χ4v) is 4.37. The Balaban J connectivity index is 1.38. The van der Waals surface area contributed by atoms with Crippen molar-refractivity contribution in [2.24, 2.45) is 0 Å². The van der Waals surface area contributed by atoms with Gasteiger partial charge in [-0.1, -0.05) is 24.3 Å². The fraction of sp³-hybridized carbons (Fsp3) is 0.280. The van der Waals surface area contributed by atoms with Crippen LogP contribution in [0.2, 0.25) is 0 Å². The van der Waals surface area contributed by atoms with Crippen LogP contribution >= 0.6 is 11.3 Å². The van der Waals surface area contributed by atoms with Crippen molar-refractivity contribution >= 4 is 29.1 Å². The third kappa shape index (κ3) is 4.21. The maximum Gasteiger partial charge on any atom is 0.262 e. The summed E-state index contributed by atoms with van der Waals surface area (Å²) < 4.78 is 0. The van der Waals surface area contributed by atoms with Gasteiger partial charge in [0.15, 0.2) is 0 Å². The lowest BCUT2D eigenvalue weighted by Crippen LogP contribution is -2.45. The van der Waals surface area contributed by atoms with Gasteiger partial charge in [0.1, 0.15) is 0 Å². The minimum Gasteiger partial charge on any atom is -0.352 e. The highest BCUT2D eigenvalue weighted by Crippen LogP contribution is 2.30. The van der Waals surface area contributed by atoms with Gasteiger partial charge < -0.3 is 5.32 Å². The Morgan fingerprint density at radius 2 is 1.72 bits per heavy atom. The summed E-state index contributed by atoms with van der Waals surface area (Å²) in [7, 11) is 0. The van der Waals surface area contributed by atoms with Gasteiger partial charge in [0.05, 0.1) is 21.8 Å². The number of fused-ring (bicyclic) bond motifs is 1. The van der Waals surface area contributed by atoms with Gasteiger partial charge in [0, 0.05) is 28.6 Å². The van der Waals surface area contributed by atoms with Crippen molar-refractivity contribution in [3.8, 4) is 11.3 Å². The van der Waals surface area contributed by atoms with Crippen LogP contribution in [0.5, 0.6) is 0 Å². The van der Waals surface area contributed by atoms with Gasteiger partial charge in [-0.3, -0.25) is 19.3 Å². The average molecular weight is 448 g/mol. The van der Waals surface area contributed by atoms with Crippen LogP contribution in [-0.2, 0) is 6.42 Å². The van der Waals surface area contributed by atoms with E-state index in [2.05, 4.69) is 10.3 Å². The number of aromatic nitrogens is 1. The number of amides is 3. The second-order valence-corrected chi connectivity index (χ2v) is 9.89. The molecule has 3 amide bonds. The fourth-order valence-electron chi connectivity index (χ4n) is 3.75. The molecule has 1 N–H and O–H groups in total. The lowest BCUT2D eigenvalue weighted by Gasteiger charge is -2.29. The van der Waals surface area contributed by atoms with E-state index in [4.69, 9.17) is 0 Å². The summed E-state index contributed by atoms with van der Waals surface area (Å²) in [4.78, 5) is 43.7. The van der Waals surface area contributed by atoms with Crippen molar-refractivity contribution in [3.05, 3.63) is 75.1 Å². The number of benzene rings is 2. The van der Waals surface area contributed by atoms with Crippen LogP contribution in [0.15, 0.2) is 47.8 Å². The molecule has 4 rings (SSSR count). The minimum atomic E-state index is -0.622. The van der Waals surface area contributed by atoms with Gasteiger partial charge in [-0.25, -0.2) is 4.98 Å². The number of hydrogen-bond donors (Lipinski definition) is 1. The lowest BCUT2D eigenvalue weighted by molar-refractivity contribution is 0.0507. The smallest absolute Gasteiger partial charge is 0.262 e. The van der Waals surface area contributed by atoms with E-state index < -0.39 is 5.54 Å². The Hall–Kier alpha value is -3.32. The molecule has 6 nitrogen and oxygen atoms in total. The van der Waals surface area contributed by atoms with E-state index in [-0.39, 0.29) is 23.3 Å². The number of carbonyl (C=O) groups is 3. The highest BCUT2D eigenvalue weighted by Gasteiger charge is 2.42. The quantitative estimate of drug-likeness (QED) is 0.585. The van der Waals surface area contributed by atoms with E-state index in [0.29, 0.717) is 24.1 Å². The second kappa shape index (κ2) is 8.31. The first-order chi connectivity index (χ1) is 15.1. The topological polar surface area (TPSA) is 79.4 Å². The normalized spacial score (nSPS) is 13.4. The van der Waals surface area contributed by atoms with Crippen molar-refractivity contribution in [1.29, 1.82) is 0 Å². The molecule has 0 radical (unpaired) electrons. The summed E-state index contributed by atoms with van der Waals surface area (Å²) >= 11 is 1.63. The molecular weight excluding hydrogens is 422 g/mol. The molecule has 0 unspecified atom stereocenters. The maximum absolute atomic E-state index is 12.7. The SMILES string of the molecule is Cc1nc(-c2ccc(CCNC(=O)c3ccc4c(c3)C(=O)N(C(C)(C)C)C4=O)cc2)cs1. The molecule has 0 aliphatic carbocycles. The van der Waals surface area contributed by atoms with Crippen molar-refractivity contribution in [3.63, 3.8) is 0 Å². The van der Waals surface area contributed by atoms with Crippen LogP contribution in [0.25, 0.3) is 11.3 Å². The van der Waals surface area contributed by atoms with Crippen LogP contribution in [0.4, 0.5) is 0 Å². The lowest BCUT2D eigenvalue weighted by atomic mass is 10.0. The van der Waals surface area contributed by atoms with Gasteiger partial charge >= 0.3 is 0 Å². The third-order valence-corrected chi connectivity index (χ3v) is 6.16. The Labute approximate surface area is 191 Å². The molecule has 3 aromatic rings. The molecule has 164 valence electrons. The largest absolute Gasteiger partial charge is 0.352 e. The molecule has 32 heavy (non-hydrogen) atoms. The van der Waals surface area contributed by atoms with Crippen molar-refractivity contribution in [1.82, 2.24) is 15.2 Å². The summed E-state index contributed by atoms with van der Waals surface area (Å²) in [5.74, 6) is -0.944. The van der Waals surface area contributed by atoms with Crippen molar-refractivity contribution < 1.29 is 14.4 Å². The third-order valence-electron chi connectivity index (χ3n) is 5.39. The van der Waals surface area contributed by atoms with Gasteiger partial charge in [0.25, 0.3) is 17.7 Å². The molecule has 0 bridgehead atoms.